The molecule has 3 aromatic carbocycles. The Kier molecular flexibility index (Phi) is 7.77. The molecule has 3 rings (SSSR count). The number of benzene rings is 3. The summed E-state index contributed by atoms with van der Waals surface area (Å²) in [6.45, 7) is 0. The zero-order valence-corrected chi connectivity index (χ0v) is 18.8. The minimum atomic E-state index is -3.89. The second-order valence-corrected chi connectivity index (χ2v) is 7.50. The summed E-state index contributed by atoms with van der Waals surface area (Å²) in [5.74, 6) is 0.266. The molecule has 0 aromatic heterocycles. The Morgan fingerprint density at radius 2 is 1.29 bits per heavy atom. The first kappa shape index (κ1) is 22.1. The maximum Gasteiger partial charge on any atom is 1.00 e. The fourth-order valence-corrected chi connectivity index (χ4v) is 3.19. The number of anilines is 1. The van der Waals surface area contributed by atoms with Gasteiger partial charge in [0, 0.05) is 19.8 Å². The molecule has 0 saturated heterocycles. The van der Waals surface area contributed by atoms with Crippen LogP contribution in [0.15, 0.2) is 94.0 Å². The number of nitrogens with zero attached hydrogens (tertiary/aromatic N) is 3. The molecule has 0 amide bonds. The van der Waals surface area contributed by atoms with Gasteiger partial charge in [0.05, 0.1) is 11.4 Å². The molecular formula is C20H20N3NaO3S. The molecule has 28 heavy (non-hydrogen) atoms. The van der Waals surface area contributed by atoms with Crippen molar-refractivity contribution in [2.45, 2.75) is 4.90 Å². The van der Waals surface area contributed by atoms with Gasteiger partial charge in [-0.2, -0.15) is 18.6 Å². The van der Waals surface area contributed by atoms with E-state index in [0.29, 0.717) is 11.4 Å². The minimum Gasteiger partial charge on any atom is -1.00 e. The van der Waals surface area contributed by atoms with Crippen molar-refractivity contribution < 1.29 is 43.6 Å². The van der Waals surface area contributed by atoms with Gasteiger partial charge >= 0.3 is 39.7 Å². The van der Waals surface area contributed by atoms with Gasteiger partial charge in [-0.15, -0.1) is 0 Å². The Hall–Kier alpha value is -2.19. The number of azo groups is 1. The predicted octanol–water partition coefficient (Wildman–Crippen LogP) is 2.05. The molecule has 0 radical (unpaired) electrons. The maximum atomic E-state index is 12.3. The summed E-state index contributed by atoms with van der Waals surface area (Å²) in [6, 6.07) is 22.1. The third-order valence-corrected chi connectivity index (χ3v) is 4.98. The van der Waals surface area contributed by atoms with Crippen LogP contribution in [0, 0.1) is 0 Å². The van der Waals surface area contributed by atoms with Crippen molar-refractivity contribution in [2.75, 3.05) is 19.0 Å². The Morgan fingerprint density at radius 3 is 1.79 bits per heavy atom. The molecule has 0 fully saturated rings. The van der Waals surface area contributed by atoms with E-state index >= 15 is 0 Å². The first-order chi connectivity index (χ1) is 12.9. The van der Waals surface area contributed by atoms with Crippen LogP contribution in [0.25, 0.3) is 0 Å². The second kappa shape index (κ2) is 9.84. The van der Waals surface area contributed by atoms with Crippen LogP contribution in [0.5, 0.6) is 5.75 Å². The van der Waals surface area contributed by atoms with Crippen molar-refractivity contribution in [3.63, 3.8) is 0 Å². The Bertz CT molecular complexity index is 1030. The molecule has 3 aromatic rings. The van der Waals surface area contributed by atoms with E-state index in [1.165, 1.54) is 12.1 Å². The Labute approximate surface area is 188 Å². The third kappa shape index (κ3) is 5.90. The molecule has 0 atom stereocenters. The van der Waals surface area contributed by atoms with Crippen molar-refractivity contribution in [2.24, 2.45) is 10.2 Å². The van der Waals surface area contributed by atoms with E-state index in [4.69, 9.17) is 4.18 Å². The molecule has 0 bridgehead atoms. The van der Waals surface area contributed by atoms with E-state index in [2.05, 4.69) is 10.2 Å². The van der Waals surface area contributed by atoms with Gasteiger partial charge < -0.3 is 10.5 Å². The van der Waals surface area contributed by atoms with Crippen LogP contribution in [0.2, 0.25) is 0 Å². The predicted molar refractivity (Wildman–Crippen MR) is 107 cm³/mol. The van der Waals surface area contributed by atoms with Gasteiger partial charge in [0.15, 0.2) is 0 Å². The molecule has 0 aliphatic carbocycles. The zero-order chi connectivity index (χ0) is 19.3. The summed E-state index contributed by atoms with van der Waals surface area (Å²) in [4.78, 5) is 2.05. The van der Waals surface area contributed by atoms with Gasteiger partial charge in [-0.05, 0) is 60.7 Å². The fourth-order valence-electron chi connectivity index (χ4n) is 2.26. The van der Waals surface area contributed by atoms with Crippen LogP contribution in [0.3, 0.4) is 0 Å². The van der Waals surface area contributed by atoms with E-state index in [0.717, 1.165) is 5.69 Å². The quantitative estimate of drug-likeness (QED) is 0.358. The molecule has 0 heterocycles. The van der Waals surface area contributed by atoms with E-state index in [-0.39, 0.29) is 41.6 Å². The van der Waals surface area contributed by atoms with Crippen molar-refractivity contribution in [1.82, 2.24) is 0 Å². The topological polar surface area (TPSA) is 71.3 Å². The molecule has 0 unspecified atom stereocenters. The van der Waals surface area contributed by atoms with Gasteiger partial charge in [-0.25, -0.2) is 0 Å². The average molecular weight is 405 g/mol. The summed E-state index contributed by atoms with van der Waals surface area (Å²) < 4.78 is 29.7. The van der Waals surface area contributed by atoms with E-state index in [9.17, 15) is 8.42 Å². The molecule has 8 heteroatoms. The fraction of sp³-hybridized carbons (Fsp3) is 0.100. The largest absolute Gasteiger partial charge is 1.00 e. The van der Waals surface area contributed by atoms with Crippen molar-refractivity contribution in [1.29, 1.82) is 0 Å². The van der Waals surface area contributed by atoms with Gasteiger partial charge in [0.1, 0.15) is 10.6 Å². The van der Waals surface area contributed by atoms with Crippen LogP contribution < -0.4 is 38.6 Å². The van der Waals surface area contributed by atoms with Crippen LogP contribution in [-0.4, -0.2) is 22.5 Å². The molecule has 6 nitrogen and oxygen atoms in total. The van der Waals surface area contributed by atoms with Gasteiger partial charge in [0.2, 0.25) is 0 Å². The average Bonchev–Trinajstić information content (AvgIpc) is 2.67. The third-order valence-electron chi connectivity index (χ3n) is 3.72. The van der Waals surface area contributed by atoms with Crippen LogP contribution in [-0.2, 0) is 10.1 Å². The van der Waals surface area contributed by atoms with Crippen molar-refractivity contribution >= 4 is 27.2 Å². The van der Waals surface area contributed by atoms with Gasteiger partial charge in [-0.1, -0.05) is 18.2 Å². The Balaban J connectivity index is 0.00000210. The summed E-state index contributed by atoms with van der Waals surface area (Å²) in [5, 5.41) is 8.30. The number of hydrogen-bond donors (Lipinski definition) is 0. The zero-order valence-electron chi connectivity index (χ0n) is 17.0. The number of rotatable bonds is 6. The monoisotopic (exact) mass is 405 g/mol. The molecule has 0 aliphatic heterocycles. The van der Waals surface area contributed by atoms with Crippen molar-refractivity contribution in [3.05, 3.63) is 78.9 Å². The van der Waals surface area contributed by atoms with E-state index < -0.39 is 10.1 Å². The van der Waals surface area contributed by atoms with E-state index in [1.54, 1.807) is 42.5 Å². The molecule has 0 N–H and O–H groups in total. The summed E-state index contributed by atoms with van der Waals surface area (Å²) in [6.07, 6.45) is 0. The van der Waals surface area contributed by atoms with Gasteiger partial charge in [-0.3, -0.25) is 0 Å². The minimum absolute atomic E-state index is 0. The number of hydrogen-bond acceptors (Lipinski definition) is 6. The maximum absolute atomic E-state index is 12.3. The number of para-hydroxylation sites is 1. The SMILES string of the molecule is CN(C)c1ccc(N=Nc2ccc(S(=O)(=O)Oc3ccccc3)cc2)cc1.[H-].[Na+]. The normalized spacial score (nSPS) is 11.1. The van der Waals surface area contributed by atoms with Crippen LogP contribution in [0.4, 0.5) is 17.1 Å². The van der Waals surface area contributed by atoms with Crippen LogP contribution >= 0.6 is 0 Å². The molecule has 0 spiro atoms. The summed E-state index contributed by atoms with van der Waals surface area (Å²) in [7, 11) is 0.0448. The molecule has 140 valence electrons. The molecule has 0 saturated carbocycles. The smallest absolute Gasteiger partial charge is 1.00 e. The first-order valence-corrected chi connectivity index (χ1v) is 9.64. The summed E-state index contributed by atoms with van der Waals surface area (Å²) >= 11 is 0. The van der Waals surface area contributed by atoms with Crippen LogP contribution in [0.1, 0.15) is 1.43 Å². The second-order valence-electron chi connectivity index (χ2n) is 5.96. The standard InChI is InChI=1S/C20H19N3O3S.Na.H/c1-23(2)18-12-8-16(9-13-18)21-22-17-10-14-20(15-11-17)27(24,25)26-19-6-4-3-5-7-19;;/h3-15H,1-2H3;;/q;+1;-1. The Morgan fingerprint density at radius 1 is 0.786 bits per heavy atom. The first-order valence-electron chi connectivity index (χ1n) is 8.23. The van der Waals surface area contributed by atoms with Crippen molar-refractivity contribution in [3.8, 4) is 5.75 Å². The molecular weight excluding hydrogens is 385 g/mol. The van der Waals surface area contributed by atoms with E-state index in [1.807, 2.05) is 43.3 Å². The van der Waals surface area contributed by atoms with Gasteiger partial charge in [0.25, 0.3) is 0 Å². The summed E-state index contributed by atoms with van der Waals surface area (Å²) in [5.41, 5.74) is 2.33. The molecule has 0 aliphatic rings.